The largest absolute Gasteiger partial charge is 0.360 e. The van der Waals surface area contributed by atoms with Crippen molar-refractivity contribution in [3.63, 3.8) is 0 Å². The zero-order valence-corrected chi connectivity index (χ0v) is 24.1. The van der Waals surface area contributed by atoms with Crippen LogP contribution in [-0.2, 0) is 15.7 Å². The van der Waals surface area contributed by atoms with Crippen molar-refractivity contribution >= 4 is 11.9 Å². The van der Waals surface area contributed by atoms with Crippen LogP contribution in [0.1, 0.15) is 25.7 Å². The van der Waals surface area contributed by atoms with Crippen molar-refractivity contribution in [3.8, 4) is 0 Å². The summed E-state index contributed by atoms with van der Waals surface area (Å²) in [4.78, 5) is 25.4. The van der Waals surface area contributed by atoms with Gasteiger partial charge in [-0.1, -0.05) is 72.8 Å². The fourth-order valence-electron chi connectivity index (χ4n) is 3.33. The Hall–Kier alpha value is -2.72. The smallest absolute Gasteiger partial charge is 0.247 e. The van der Waals surface area contributed by atoms with Gasteiger partial charge in [-0.25, -0.2) is 15.7 Å². The van der Waals surface area contributed by atoms with Gasteiger partial charge in [-0.05, 0) is 61.4 Å². The Morgan fingerprint density at radius 2 is 0.694 bits per heavy atom. The van der Waals surface area contributed by atoms with Crippen LogP contribution >= 0.6 is 0 Å². The number of rotatable bonds is 11. The van der Waals surface area contributed by atoms with Crippen LogP contribution in [0.5, 0.6) is 0 Å². The monoisotopic (exact) mass is 706 g/mol. The molecule has 4 aromatic carbocycles. The van der Waals surface area contributed by atoms with E-state index in [4.69, 9.17) is 6.13 Å². The maximum absolute atomic E-state index is 12.7. The molecule has 0 fully saturated rings. The summed E-state index contributed by atoms with van der Waals surface area (Å²) in [5.41, 5.74) is 0. The van der Waals surface area contributed by atoms with Crippen LogP contribution < -0.4 is 40.5 Å². The first-order valence-electron chi connectivity index (χ1n) is 11.7. The topological polar surface area (TPSA) is 52.6 Å². The molecule has 0 unspecified atom stereocenters. The second kappa shape index (κ2) is 14.1. The molecular weight excluding hydrogens is 678 g/mol. The van der Waals surface area contributed by atoms with E-state index in [0.29, 0.717) is 25.7 Å². The second-order valence-corrected chi connectivity index (χ2v) is 16.5. The number of carbonyl (C=O) groups is 2. The predicted molar refractivity (Wildman–Crippen MR) is 131 cm³/mol. The quantitative estimate of drug-likeness (QED) is 0.165. The van der Waals surface area contributed by atoms with E-state index >= 15 is 0 Å². The van der Waals surface area contributed by atoms with E-state index in [0.717, 1.165) is 14.3 Å². The maximum atomic E-state index is 12.7. The maximum Gasteiger partial charge on any atom is 0.360 e. The molecule has 0 aliphatic rings. The van der Waals surface area contributed by atoms with E-state index in [1.807, 2.05) is 121 Å². The van der Waals surface area contributed by atoms with Gasteiger partial charge in [-0.15, -0.1) is 0 Å². The lowest BCUT2D eigenvalue weighted by Crippen LogP contribution is -3.85. The molecule has 4 nitrogen and oxygen atoms in total. The predicted octanol–water partition coefficient (Wildman–Crippen LogP) is 0.192. The second-order valence-electron chi connectivity index (χ2n) is 7.79. The molecule has 0 saturated heterocycles. The van der Waals surface area contributed by atoms with Crippen molar-refractivity contribution < 1.29 is 56.2 Å². The van der Waals surface area contributed by atoms with Crippen molar-refractivity contribution in [2.75, 3.05) is 0 Å². The van der Waals surface area contributed by atoms with Crippen LogP contribution in [0.3, 0.4) is 0 Å². The normalized spacial score (nSPS) is 10.8. The molecule has 2 radical (unpaired) electrons. The fourth-order valence-corrected chi connectivity index (χ4v) is 11.5. The standard InChI is InChI=1S/C30H28I2O4/c33-29(35-31(25-15-5-1-6-16-25)26-17-7-2-8-18-26)23-13-14-24-30(34)36-32(27-19-9-3-10-20-27)28-21-11-4-12-22-28/h1-12,15-22H,13-14,23-24H2/q+2. The molecule has 0 aromatic heterocycles. The van der Waals surface area contributed by atoms with E-state index in [1.54, 1.807) is 0 Å². The number of hydrogen-bond acceptors (Lipinski definition) is 4. The Morgan fingerprint density at radius 1 is 0.444 bits per heavy atom. The van der Waals surface area contributed by atoms with E-state index in [-0.39, 0.29) is 11.9 Å². The zero-order valence-electron chi connectivity index (χ0n) is 19.8. The first-order valence-corrected chi connectivity index (χ1v) is 17.8. The molecule has 184 valence electrons. The first-order chi connectivity index (χ1) is 17.7. The van der Waals surface area contributed by atoms with Crippen molar-refractivity contribution in [1.82, 2.24) is 0 Å². The lowest BCUT2D eigenvalue weighted by molar-refractivity contribution is -1.04. The molecule has 0 aliphatic carbocycles. The molecule has 4 rings (SSSR count). The summed E-state index contributed by atoms with van der Waals surface area (Å²) in [5, 5.41) is 0. The molecule has 0 atom stereocenters. The minimum atomic E-state index is -2.32. The molecule has 0 aliphatic heterocycles. The van der Waals surface area contributed by atoms with Gasteiger partial charge in [0, 0.05) is 0 Å². The molecule has 36 heavy (non-hydrogen) atoms. The van der Waals surface area contributed by atoms with Crippen LogP contribution in [0, 0.1) is 14.3 Å². The molecule has 4 aromatic rings. The third-order valence-corrected chi connectivity index (χ3v) is 14.3. The minimum absolute atomic E-state index is 0.205. The SMILES string of the molecule is O=C(CCCCC(=O)O[I+](c1ccccc1)c1ccccc1)O[I+](c1ccccc1)c1ccccc1. The fraction of sp³-hybridized carbons (Fsp3) is 0.133. The third-order valence-electron chi connectivity index (χ3n) is 5.06. The molecule has 0 amide bonds. The highest BCUT2D eigenvalue weighted by molar-refractivity contribution is 5.69. The van der Waals surface area contributed by atoms with Crippen molar-refractivity contribution in [2.45, 2.75) is 25.7 Å². The van der Waals surface area contributed by atoms with E-state index in [1.165, 1.54) is 0 Å². The summed E-state index contributed by atoms with van der Waals surface area (Å²) in [6.45, 7) is 0. The highest BCUT2D eigenvalue weighted by Crippen LogP contribution is 2.01. The van der Waals surface area contributed by atoms with Crippen LogP contribution in [0.25, 0.3) is 0 Å². The lowest BCUT2D eigenvalue weighted by atomic mass is 10.2. The Bertz CT molecular complexity index is 1040. The van der Waals surface area contributed by atoms with Crippen LogP contribution in [-0.4, -0.2) is 11.9 Å². The van der Waals surface area contributed by atoms with Crippen LogP contribution in [0.4, 0.5) is 0 Å². The Balaban J connectivity index is 1.29. The van der Waals surface area contributed by atoms with Gasteiger partial charge in [-0.2, -0.15) is 0 Å². The lowest BCUT2D eigenvalue weighted by Gasteiger charge is -2.06. The summed E-state index contributed by atoms with van der Waals surface area (Å²) in [7, 11) is 0. The van der Waals surface area contributed by atoms with E-state index in [9.17, 15) is 9.59 Å². The van der Waals surface area contributed by atoms with Crippen molar-refractivity contribution in [1.29, 1.82) is 0 Å². The van der Waals surface area contributed by atoms with Gasteiger partial charge in [-0.3, -0.25) is 0 Å². The molecule has 6 heteroatoms. The molecule has 0 saturated carbocycles. The van der Waals surface area contributed by atoms with Gasteiger partial charge in [0.1, 0.15) is 0 Å². The highest BCUT2D eigenvalue weighted by atomic mass is 127. The summed E-state index contributed by atoms with van der Waals surface area (Å²) in [5.74, 6) is -0.411. The highest BCUT2D eigenvalue weighted by Gasteiger charge is 2.35. The minimum Gasteiger partial charge on any atom is -0.247 e. The van der Waals surface area contributed by atoms with Gasteiger partial charge in [0.05, 0.1) is 12.8 Å². The molecule has 0 N–H and O–H groups in total. The van der Waals surface area contributed by atoms with Crippen LogP contribution in [0.2, 0.25) is 0 Å². The van der Waals surface area contributed by atoms with Crippen molar-refractivity contribution in [3.05, 3.63) is 136 Å². The number of benzene rings is 4. The zero-order chi connectivity index (χ0) is 25.0. The van der Waals surface area contributed by atoms with Gasteiger partial charge in [0.2, 0.25) is 0 Å². The molecular formula is C30H28I2O4+2. The number of halogens is 2. The molecule has 0 spiro atoms. The van der Waals surface area contributed by atoms with Crippen molar-refractivity contribution in [2.24, 2.45) is 0 Å². The molecule has 0 heterocycles. The van der Waals surface area contributed by atoms with Gasteiger partial charge < -0.3 is 0 Å². The number of hydrogen-bond donors (Lipinski definition) is 0. The summed E-state index contributed by atoms with van der Waals surface area (Å²) in [6, 6.07) is 39.9. The third kappa shape index (κ3) is 7.89. The van der Waals surface area contributed by atoms with Gasteiger partial charge in [0.15, 0.2) is 14.3 Å². The van der Waals surface area contributed by atoms with Gasteiger partial charge >= 0.3 is 52.4 Å². The summed E-state index contributed by atoms with van der Waals surface area (Å²) in [6.07, 6.45) is 1.76. The van der Waals surface area contributed by atoms with E-state index in [2.05, 4.69) is 0 Å². The average Bonchev–Trinajstić information content (AvgIpc) is 2.94. The Labute approximate surface area is 227 Å². The van der Waals surface area contributed by atoms with Gasteiger partial charge in [0.25, 0.3) is 0 Å². The molecule has 0 bridgehead atoms. The number of unbranched alkanes of at least 4 members (excludes halogenated alkanes) is 1. The summed E-state index contributed by atoms with van der Waals surface area (Å²) < 4.78 is 16.4. The van der Waals surface area contributed by atoms with Crippen LogP contribution in [0.15, 0.2) is 121 Å². The van der Waals surface area contributed by atoms with E-state index < -0.39 is 40.5 Å². The summed E-state index contributed by atoms with van der Waals surface area (Å²) >= 11 is -4.63. The Kier molecular flexibility index (Phi) is 10.3. The first kappa shape index (κ1) is 26.3. The average molecular weight is 706 g/mol. The number of carbonyl (C=O) groups excluding carboxylic acids is 2. The Morgan fingerprint density at radius 3 is 0.944 bits per heavy atom.